The Morgan fingerprint density at radius 3 is 2.85 bits per heavy atom. The molecule has 0 saturated carbocycles. The lowest BCUT2D eigenvalue weighted by molar-refractivity contribution is -0.385. The summed E-state index contributed by atoms with van der Waals surface area (Å²) in [5, 5.41) is 21.9. The Morgan fingerprint density at radius 2 is 2.25 bits per heavy atom. The maximum Gasteiger partial charge on any atom is 0.270 e. The number of rotatable bonds is 5. The Kier molecular flexibility index (Phi) is 4.46. The number of aryl methyl sites for hydroxylation is 1. The highest BCUT2D eigenvalue weighted by Crippen LogP contribution is 2.21. The molecule has 0 fully saturated rings. The molecule has 20 heavy (non-hydrogen) atoms. The van der Waals surface area contributed by atoms with E-state index in [-0.39, 0.29) is 11.7 Å². The minimum atomic E-state index is -0.402. The predicted octanol–water partition coefficient (Wildman–Crippen LogP) is 2.34. The van der Waals surface area contributed by atoms with Crippen LogP contribution >= 0.6 is 15.9 Å². The molecule has 0 radical (unpaired) electrons. The molecular formula is C12H14BrN5O2. The lowest BCUT2D eigenvalue weighted by atomic mass is 10.2. The molecule has 106 valence electrons. The summed E-state index contributed by atoms with van der Waals surface area (Å²) in [5.41, 5.74) is 0.905. The van der Waals surface area contributed by atoms with E-state index in [4.69, 9.17) is 0 Å². The van der Waals surface area contributed by atoms with Gasteiger partial charge in [-0.2, -0.15) is 0 Å². The van der Waals surface area contributed by atoms with Crippen molar-refractivity contribution in [2.45, 2.75) is 19.5 Å². The highest BCUT2D eigenvalue weighted by molar-refractivity contribution is 9.10. The van der Waals surface area contributed by atoms with Crippen molar-refractivity contribution in [3.8, 4) is 0 Å². The fourth-order valence-corrected chi connectivity index (χ4v) is 2.42. The Balaban J connectivity index is 2.07. The molecule has 0 saturated heterocycles. The Hall–Kier alpha value is -1.80. The van der Waals surface area contributed by atoms with Crippen molar-refractivity contribution in [3.63, 3.8) is 0 Å². The molecular weight excluding hydrogens is 326 g/mol. The van der Waals surface area contributed by atoms with E-state index in [1.807, 2.05) is 24.6 Å². The van der Waals surface area contributed by atoms with E-state index < -0.39 is 4.92 Å². The van der Waals surface area contributed by atoms with Crippen molar-refractivity contribution in [2.75, 3.05) is 0 Å². The smallest absolute Gasteiger partial charge is 0.270 e. The molecule has 1 aromatic carbocycles. The second-order valence-corrected chi connectivity index (χ2v) is 5.39. The first kappa shape index (κ1) is 14.6. The zero-order valence-electron chi connectivity index (χ0n) is 11.1. The van der Waals surface area contributed by atoms with E-state index in [2.05, 4.69) is 31.4 Å². The Morgan fingerprint density at radius 1 is 1.50 bits per heavy atom. The van der Waals surface area contributed by atoms with Gasteiger partial charge >= 0.3 is 0 Å². The highest BCUT2D eigenvalue weighted by Gasteiger charge is 2.12. The van der Waals surface area contributed by atoms with Crippen LogP contribution in [0.2, 0.25) is 0 Å². The van der Waals surface area contributed by atoms with Crippen molar-refractivity contribution >= 4 is 21.6 Å². The van der Waals surface area contributed by atoms with Gasteiger partial charge in [0.15, 0.2) is 0 Å². The normalized spacial score (nSPS) is 12.3. The van der Waals surface area contributed by atoms with Gasteiger partial charge in [0.05, 0.1) is 11.0 Å². The fourth-order valence-electron chi connectivity index (χ4n) is 1.89. The quantitative estimate of drug-likeness (QED) is 0.667. The summed E-state index contributed by atoms with van der Waals surface area (Å²) in [6, 6.07) is 4.89. The fraction of sp³-hybridized carbons (Fsp3) is 0.333. The number of hydrogen-bond donors (Lipinski definition) is 1. The van der Waals surface area contributed by atoms with Crippen molar-refractivity contribution in [2.24, 2.45) is 7.05 Å². The number of halogens is 1. The van der Waals surface area contributed by atoms with Gasteiger partial charge in [-0.1, -0.05) is 15.9 Å². The second-order valence-electron chi connectivity index (χ2n) is 4.48. The highest BCUT2D eigenvalue weighted by atomic mass is 79.9. The lowest BCUT2D eigenvalue weighted by Gasteiger charge is -2.13. The molecule has 0 aliphatic heterocycles. The molecule has 1 aromatic heterocycles. The maximum atomic E-state index is 10.8. The van der Waals surface area contributed by atoms with Gasteiger partial charge < -0.3 is 9.88 Å². The zero-order valence-corrected chi connectivity index (χ0v) is 12.7. The average molecular weight is 340 g/mol. The summed E-state index contributed by atoms with van der Waals surface area (Å²) >= 11 is 3.28. The summed E-state index contributed by atoms with van der Waals surface area (Å²) in [5.74, 6) is 0.814. The van der Waals surface area contributed by atoms with Gasteiger partial charge in [0.2, 0.25) is 0 Å². The van der Waals surface area contributed by atoms with Crippen molar-refractivity contribution in [3.05, 3.63) is 50.5 Å². The summed E-state index contributed by atoms with van der Waals surface area (Å²) in [6.07, 6.45) is 1.64. The first-order chi connectivity index (χ1) is 9.47. The van der Waals surface area contributed by atoms with Gasteiger partial charge in [-0.05, 0) is 18.6 Å². The number of non-ortho nitro benzene ring substituents is 1. The van der Waals surface area contributed by atoms with Crippen LogP contribution in [0.15, 0.2) is 29.0 Å². The molecule has 0 amide bonds. The first-order valence-corrected chi connectivity index (χ1v) is 6.78. The zero-order chi connectivity index (χ0) is 14.7. The summed E-state index contributed by atoms with van der Waals surface area (Å²) < 4.78 is 2.52. The molecule has 2 aromatic rings. The second kappa shape index (κ2) is 6.10. The van der Waals surface area contributed by atoms with Crippen LogP contribution in [0, 0.1) is 10.1 Å². The number of nitrogens with one attached hydrogen (secondary N) is 1. The number of nitrogens with zero attached hydrogens (tertiary/aromatic N) is 4. The molecule has 0 spiro atoms. The van der Waals surface area contributed by atoms with Gasteiger partial charge in [0.25, 0.3) is 5.69 Å². The van der Waals surface area contributed by atoms with Crippen molar-refractivity contribution < 1.29 is 4.92 Å². The molecule has 1 unspecified atom stereocenters. The number of nitro benzene ring substituents is 1. The number of hydrogen-bond acceptors (Lipinski definition) is 5. The van der Waals surface area contributed by atoms with E-state index in [1.165, 1.54) is 6.07 Å². The van der Waals surface area contributed by atoms with Crippen LogP contribution in [0.5, 0.6) is 0 Å². The van der Waals surface area contributed by atoms with Crippen molar-refractivity contribution in [1.82, 2.24) is 20.1 Å². The molecule has 1 N–H and O–H groups in total. The van der Waals surface area contributed by atoms with Crippen LogP contribution in [0.4, 0.5) is 5.69 Å². The molecule has 1 heterocycles. The predicted molar refractivity (Wildman–Crippen MR) is 77.1 cm³/mol. The van der Waals surface area contributed by atoms with Crippen LogP contribution in [0.3, 0.4) is 0 Å². The summed E-state index contributed by atoms with van der Waals surface area (Å²) in [7, 11) is 1.87. The third kappa shape index (κ3) is 3.40. The third-order valence-corrected chi connectivity index (χ3v) is 3.36. The number of benzene rings is 1. The molecule has 1 atom stereocenters. The number of nitro groups is 1. The number of aromatic nitrogens is 3. The monoisotopic (exact) mass is 339 g/mol. The van der Waals surface area contributed by atoms with E-state index in [0.29, 0.717) is 11.0 Å². The molecule has 0 bridgehead atoms. The molecule has 0 aliphatic carbocycles. The first-order valence-electron chi connectivity index (χ1n) is 5.98. The SMILES string of the molecule is CC(NCc1cc(Br)cc([N+](=O)[O-])c1)c1nncn1C. The Labute approximate surface area is 124 Å². The van der Waals surface area contributed by atoms with Crippen LogP contribution in [0.1, 0.15) is 24.4 Å². The molecule has 2 rings (SSSR count). The van der Waals surface area contributed by atoms with E-state index in [0.717, 1.165) is 11.4 Å². The topological polar surface area (TPSA) is 85.9 Å². The van der Waals surface area contributed by atoms with Gasteiger partial charge in [-0.3, -0.25) is 10.1 Å². The summed E-state index contributed by atoms with van der Waals surface area (Å²) in [4.78, 5) is 10.4. The van der Waals surface area contributed by atoms with Gasteiger partial charge in [0, 0.05) is 30.2 Å². The van der Waals surface area contributed by atoms with Crippen LogP contribution in [0.25, 0.3) is 0 Å². The van der Waals surface area contributed by atoms with Gasteiger partial charge in [0.1, 0.15) is 12.2 Å². The standard InChI is InChI=1S/C12H14BrN5O2/c1-8(12-16-15-7-17(12)2)14-6-9-3-10(13)5-11(4-9)18(19)20/h3-5,7-8,14H,6H2,1-2H3. The van der Waals surface area contributed by atoms with Crippen LogP contribution < -0.4 is 5.32 Å². The minimum Gasteiger partial charge on any atom is -0.319 e. The largest absolute Gasteiger partial charge is 0.319 e. The molecule has 8 heteroatoms. The van der Waals surface area contributed by atoms with Crippen LogP contribution in [-0.2, 0) is 13.6 Å². The molecule has 0 aliphatic rings. The van der Waals surface area contributed by atoms with Crippen molar-refractivity contribution in [1.29, 1.82) is 0 Å². The maximum absolute atomic E-state index is 10.8. The van der Waals surface area contributed by atoms with E-state index >= 15 is 0 Å². The molecule has 7 nitrogen and oxygen atoms in total. The van der Waals surface area contributed by atoms with Crippen LogP contribution in [-0.4, -0.2) is 19.7 Å². The lowest BCUT2D eigenvalue weighted by Crippen LogP contribution is -2.21. The third-order valence-electron chi connectivity index (χ3n) is 2.90. The van der Waals surface area contributed by atoms with Gasteiger partial charge in [-0.25, -0.2) is 0 Å². The van der Waals surface area contributed by atoms with E-state index in [9.17, 15) is 10.1 Å². The average Bonchev–Trinajstić information content (AvgIpc) is 2.81. The summed E-state index contributed by atoms with van der Waals surface area (Å²) in [6.45, 7) is 2.48. The Bertz CT molecular complexity index is 628. The van der Waals surface area contributed by atoms with Gasteiger partial charge in [-0.15, -0.1) is 10.2 Å². The van der Waals surface area contributed by atoms with E-state index in [1.54, 1.807) is 12.4 Å². The minimum absolute atomic E-state index is 0.000498.